The van der Waals surface area contributed by atoms with E-state index in [0.29, 0.717) is 16.3 Å². The molecule has 86 valence electrons. The minimum atomic E-state index is -0.00556. The zero-order chi connectivity index (χ0) is 11.4. The van der Waals surface area contributed by atoms with Gasteiger partial charge in [0.1, 0.15) is 0 Å². The first-order chi connectivity index (χ1) is 7.77. The van der Waals surface area contributed by atoms with Crippen molar-refractivity contribution in [1.82, 2.24) is 10.3 Å². The zero-order valence-corrected chi connectivity index (χ0v) is 10.6. The summed E-state index contributed by atoms with van der Waals surface area (Å²) in [6, 6.07) is 3.46. The number of nitrogens with one attached hydrogen (secondary N) is 1. The third-order valence-electron chi connectivity index (χ3n) is 3.03. The van der Waals surface area contributed by atoms with Crippen LogP contribution in [0.5, 0.6) is 0 Å². The number of alkyl halides is 1. The summed E-state index contributed by atoms with van der Waals surface area (Å²) in [7, 11) is 0. The summed E-state index contributed by atoms with van der Waals surface area (Å²) in [4.78, 5) is 16.2. The molecule has 1 aromatic heterocycles. The van der Waals surface area contributed by atoms with Crippen LogP contribution in [0, 0.1) is 5.92 Å². The molecule has 1 aromatic rings. The fourth-order valence-corrected chi connectivity index (χ4v) is 2.83. The SMILES string of the molecule is O=C(NCC1CCCC1Br)c1ccncc1. The predicted molar refractivity (Wildman–Crippen MR) is 66.6 cm³/mol. The normalized spacial score (nSPS) is 24.3. The van der Waals surface area contributed by atoms with Gasteiger partial charge in [-0.25, -0.2) is 0 Å². The largest absolute Gasteiger partial charge is 0.352 e. The van der Waals surface area contributed by atoms with E-state index < -0.39 is 0 Å². The van der Waals surface area contributed by atoms with Gasteiger partial charge in [-0.15, -0.1) is 0 Å². The second-order valence-electron chi connectivity index (χ2n) is 4.15. The van der Waals surface area contributed by atoms with Crippen LogP contribution in [-0.4, -0.2) is 22.3 Å². The van der Waals surface area contributed by atoms with Gasteiger partial charge in [0.25, 0.3) is 5.91 Å². The third kappa shape index (κ3) is 2.82. The average Bonchev–Trinajstić information content (AvgIpc) is 2.73. The number of amides is 1. The van der Waals surface area contributed by atoms with Gasteiger partial charge in [0.2, 0.25) is 0 Å². The van der Waals surface area contributed by atoms with E-state index in [4.69, 9.17) is 0 Å². The Balaban J connectivity index is 1.84. The molecule has 1 saturated carbocycles. The standard InChI is InChI=1S/C12H15BrN2O/c13-11-3-1-2-10(11)8-15-12(16)9-4-6-14-7-5-9/h4-7,10-11H,1-3,8H2,(H,15,16). The van der Waals surface area contributed by atoms with Crippen molar-refractivity contribution in [1.29, 1.82) is 0 Å². The maximum Gasteiger partial charge on any atom is 0.251 e. The highest BCUT2D eigenvalue weighted by Gasteiger charge is 2.24. The topological polar surface area (TPSA) is 42.0 Å². The van der Waals surface area contributed by atoms with Gasteiger partial charge < -0.3 is 5.32 Å². The molecular formula is C12H15BrN2O. The molecule has 0 aromatic carbocycles. The highest BCUT2D eigenvalue weighted by molar-refractivity contribution is 9.09. The van der Waals surface area contributed by atoms with E-state index in [2.05, 4.69) is 26.2 Å². The van der Waals surface area contributed by atoms with Crippen molar-refractivity contribution in [3.63, 3.8) is 0 Å². The maximum atomic E-state index is 11.8. The van der Waals surface area contributed by atoms with Crippen LogP contribution in [0.15, 0.2) is 24.5 Å². The second kappa shape index (κ2) is 5.43. The van der Waals surface area contributed by atoms with Crippen LogP contribution >= 0.6 is 15.9 Å². The number of carbonyl (C=O) groups is 1. The molecular weight excluding hydrogens is 268 g/mol. The number of aromatic nitrogens is 1. The number of carbonyl (C=O) groups excluding carboxylic acids is 1. The molecule has 0 radical (unpaired) electrons. The van der Waals surface area contributed by atoms with Gasteiger partial charge in [-0.1, -0.05) is 22.4 Å². The Morgan fingerprint density at radius 2 is 2.19 bits per heavy atom. The lowest BCUT2D eigenvalue weighted by atomic mass is 10.1. The van der Waals surface area contributed by atoms with Gasteiger partial charge in [-0.05, 0) is 30.9 Å². The Labute approximate surface area is 104 Å². The zero-order valence-electron chi connectivity index (χ0n) is 9.03. The number of nitrogens with zero attached hydrogens (tertiary/aromatic N) is 1. The van der Waals surface area contributed by atoms with Crippen LogP contribution in [0.4, 0.5) is 0 Å². The van der Waals surface area contributed by atoms with E-state index in [-0.39, 0.29) is 5.91 Å². The molecule has 2 rings (SSSR count). The lowest BCUT2D eigenvalue weighted by Gasteiger charge is -2.14. The molecule has 1 heterocycles. The van der Waals surface area contributed by atoms with Gasteiger partial charge in [0, 0.05) is 29.3 Å². The van der Waals surface area contributed by atoms with E-state index in [1.165, 1.54) is 19.3 Å². The summed E-state index contributed by atoms with van der Waals surface area (Å²) in [5.74, 6) is 0.569. The molecule has 1 aliphatic carbocycles. The number of pyridine rings is 1. The van der Waals surface area contributed by atoms with Crippen LogP contribution in [0.2, 0.25) is 0 Å². The molecule has 0 aliphatic heterocycles. The van der Waals surface area contributed by atoms with Gasteiger partial charge in [0.15, 0.2) is 0 Å². The quantitative estimate of drug-likeness (QED) is 0.865. The van der Waals surface area contributed by atoms with Crippen molar-refractivity contribution in [2.75, 3.05) is 6.54 Å². The van der Waals surface area contributed by atoms with Crippen LogP contribution < -0.4 is 5.32 Å². The fourth-order valence-electron chi connectivity index (χ4n) is 2.05. The maximum absolute atomic E-state index is 11.8. The van der Waals surface area contributed by atoms with Crippen molar-refractivity contribution in [2.24, 2.45) is 5.92 Å². The lowest BCUT2D eigenvalue weighted by Crippen LogP contribution is -2.30. The van der Waals surface area contributed by atoms with Gasteiger partial charge in [-0.3, -0.25) is 9.78 Å². The number of hydrogen-bond acceptors (Lipinski definition) is 2. The first-order valence-electron chi connectivity index (χ1n) is 5.59. The molecule has 0 bridgehead atoms. The molecule has 0 saturated heterocycles. The Kier molecular flexibility index (Phi) is 3.93. The van der Waals surface area contributed by atoms with Gasteiger partial charge in [-0.2, -0.15) is 0 Å². The summed E-state index contributed by atoms with van der Waals surface area (Å²) in [6.45, 7) is 0.761. The average molecular weight is 283 g/mol. The molecule has 0 spiro atoms. The van der Waals surface area contributed by atoms with Crippen molar-refractivity contribution in [2.45, 2.75) is 24.1 Å². The molecule has 2 unspecified atom stereocenters. The first-order valence-corrected chi connectivity index (χ1v) is 6.51. The molecule has 3 nitrogen and oxygen atoms in total. The van der Waals surface area contributed by atoms with E-state index in [0.717, 1.165) is 6.54 Å². The van der Waals surface area contributed by atoms with Crippen LogP contribution in [0.3, 0.4) is 0 Å². The Morgan fingerprint density at radius 3 is 2.81 bits per heavy atom. The van der Waals surface area contributed by atoms with Gasteiger partial charge in [0.05, 0.1) is 0 Å². The van der Waals surface area contributed by atoms with Crippen molar-refractivity contribution < 1.29 is 4.79 Å². The van der Waals surface area contributed by atoms with Gasteiger partial charge >= 0.3 is 0 Å². The number of halogens is 1. The van der Waals surface area contributed by atoms with Crippen molar-refractivity contribution in [3.8, 4) is 0 Å². The highest BCUT2D eigenvalue weighted by Crippen LogP contribution is 2.30. The van der Waals surface area contributed by atoms with Crippen molar-refractivity contribution in [3.05, 3.63) is 30.1 Å². The summed E-state index contributed by atoms with van der Waals surface area (Å²) >= 11 is 3.65. The Morgan fingerprint density at radius 1 is 1.44 bits per heavy atom. The smallest absolute Gasteiger partial charge is 0.251 e. The second-order valence-corrected chi connectivity index (χ2v) is 5.33. The molecule has 1 N–H and O–H groups in total. The minimum Gasteiger partial charge on any atom is -0.352 e. The summed E-state index contributed by atoms with van der Waals surface area (Å²) in [5, 5.41) is 2.97. The number of hydrogen-bond donors (Lipinski definition) is 1. The Hall–Kier alpha value is -0.900. The van der Waals surface area contributed by atoms with E-state index >= 15 is 0 Å². The summed E-state index contributed by atoms with van der Waals surface area (Å²) < 4.78 is 0. The number of rotatable bonds is 3. The van der Waals surface area contributed by atoms with Crippen LogP contribution in [0.1, 0.15) is 29.6 Å². The minimum absolute atomic E-state index is 0.00556. The van der Waals surface area contributed by atoms with Crippen LogP contribution in [0.25, 0.3) is 0 Å². The van der Waals surface area contributed by atoms with Crippen molar-refractivity contribution >= 4 is 21.8 Å². The van der Waals surface area contributed by atoms with E-state index in [9.17, 15) is 4.79 Å². The lowest BCUT2D eigenvalue weighted by molar-refractivity contribution is 0.0947. The Bertz CT molecular complexity index is 355. The molecule has 1 aliphatic rings. The van der Waals surface area contributed by atoms with E-state index in [1.807, 2.05) is 0 Å². The summed E-state index contributed by atoms with van der Waals surface area (Å²) in [5.41, 5.74) is 0.680. The predicted octanol–water partition coefficient (Wildman–Crippen LogP) is 2.38. The monoisotopic (exact) mass is 282 g/mol. The molecule has 16 heavy (non-hydrogen) atoms. The molecule has 1 fully saturated rings. The highest BCUT2D eigenvalue weighted by atomic mass is 79.9. The van der Waals surface area contributed by atoms with E-state index in [1.54, 1.807) is 24.5 Å². The fraction of sp³-hybridized carbons (Fsp3) is 0.500. The summed E-state index contributed by atoms with van der Waals surface area (Å²) in [6.07, 6.45) is 6.95. The van der Waals surface area contributed by atoms with Crippen LogP contribution in [-0.2, 0) is 0 Å². The molecule has 4 heteroatoms. The molecule has 1 amide bonds. The first kappa shape index (κ1) is 11.6. The third-order valence-corrected chi connectivity index (χ3v) is 4.24. The molecule has 2 atom stereocenters.